The van der Waals surface area contributed by atoms with Gasteiger partial charge in [0.25, 0.3) is 5.91 Å². The molecule has 1 atom stereocenters. The molecule has 0 spiro atoms. The van der Waals surface area contributed by atoms with Gasteiger partial charge in [-0.15, -0.1) is 0 Å². The minimum Gasteiger partial charge on any atom is -0.378 e. The molecule has 1 heterocycles. The zero-order valence-electron chi connectivity index (χ0n) is 16.7. The van der Waals surface area contributed by atoms with Gasteiger partial charge in [0.15, 0.2) is 0 Å². The summed E-state index contributed by atoms with van der Waals surface area (Å²) in [6.07, 6.45) is 1.75. The second-order valence-corrected chi connectivity index (χ2v) is 9.02. The van der Waals surface area contributed by atoms with Gasteiger partial charge in [-0.3, -0.25) is 4.79 Å². The van der Waals surface area contributed by atoms with Gasteiger partial charge in [0.2, 0.25) is 10.0 Å². The lowest BCUT2D eigenvalue weighted by Gasteiger charge is -2.13. The smallest absolute Gasteiger partial charge is 0.251 e. The number of ether oxygens (including phenoxy) is 1. The van der Waals surface area contributed by atoms with Crippen molar-refractivity contribution in [3.63, 3.8) is 0 Å². The number of nitrogens with one attached hydrogen (secondary N) is 2. The standard InChI is InChI=1S/C21H27N3O4S/c1-24(2)18-9-5-16(6-10-18)14-22-21(25)17-7-11-20(12-8-17)29(26,27)23-15-19-4-3-13-28-19/h5-12,19,23H,3-4,13-15H2,1-2H3,(H,22,25)/t19-/m0/s1. The van der Waals surface area contributed by atoms with Crippen molar-refractivity contribution in [2.75, 3.05) is 32.1 Å². The minimum absolute atomic E-state index is 0.0679. The predicted octanol–water partition coefficient (Wildman–Crippen LogP) is 2.14. The number of benzene rings is 2. The molecule has 1 aliphatic heterocycles. The summed E-state index contributed by atoms with van der Waals surface area (Å²) in [5.74, 6) is -0.252. The van der Waals surface area contributed by atoms with Crippen LogP contribution in [0.5, 0.6) is 0 Å². The molecule has 1 amide bonds. The fourth-order valence-corrected chi connectivity index (χ4v) is 4.14. The maximum atomic E-state index is 12.4. The average Bonchev–Trinajstić information content (AvgIpc) is 3.25. The second kappa shape index (κ2) is 9.39. The van der Waals surface area contributed by atoms with Gasteiger partial charge in [0.1, 0.15) is 0 Å². The lowest BCUT2D eigenvalue weighted by atomic mass is 10.2. The molecule has 0 bridgehead atoms. The summed E-state index contributed by atoms with van der Waals surface area (Å²) < 4.78 is 32.8. The van der Waals surface area contributed by atoms with E-state index in [1.807, 2.05) is 43.3 Å². The summed E-state index contributed by atoms with van der Waals surface area (Å²) in [5.41, 5.74) is 2.49. The van der Waals surface area contributed by atoms with Crippen LogP contribution in [-0.2, 0) is 21.3 Å². The Hall–Kier alpha value is -2.42. The predicted molar refractivity (Wildman–Crippen MR) is 113 cm³/mol. The van der Waals surface area contributed by atoms with Crippen LogP contribution in [0.2, 0.25) is 0 Å². The first kappa shape index (κ1) is 21.3. The maximum absolute atomic E-state index is 12.4. The van der Waals surface area contributed by atoms with Crippen LogP contribution in [0.1, 0.15) is 28.8 Å². The van der Waals surface area contributed by atoms with E-state index in [-0.39, 0.29) is 23.5 Å². The van der Waals surface area contributed by atoms with Gasteiger partial charge in [0.05, 0.1) is 11.0 Å². The van der Waals surface area contributed by atoms with Crippen molar-refractivity contribution in [1.29, 1.82) is 0 Å². The van der Waals surface area contributed by atoms with Crippen molar-refractivity contribution in [2.45, 2.75) is 30.4 Å². The molecule has 1 fully saturated rings. The first-order chi connectivity index (χ1) is 13.8. The number of hydrogen-bond acceptors (Lipinski definition) is 5. The number of nitrogens with zero attached hydrogens (tertiary/aromatic N) is 1. The molecule has 156 valence electrons. The Morgan fingerprint density at radius 2 is 1.79 bits per heavy atom. The van der Waals surface area contributed by atoms with E-state index in [2.05, 4.69) is 10.0 Å². The Morgan fingerprint density at radius 3 is 2.38 bits per heavy atom. The Labute approximate surface area is 172 Å². The molecule has 7 nitrogen and oxygen atoms in total. The molecule has 0 radical (unpaired) electrons. The molecule has 0 aliphatic carbocycles. The van der Waals surface area contributed by atoms with Gasteiger partial charge in [0, 0.05) is 45.0 Å². The molecule has 2 N–H and O–H groups in total. The van der Waals surface area contributed by atoms with E-state index in [0.717, 1.165) is 24.1 Å². The Kier molecular flexibility index (Phi) is 6.89. The Bertz CT molecular complexity index is 919. The highest BCUT2D eigenvalue weighted by Gasteiger charge is 2.20. The van der Waals surface area contributed by atoms with Gasteiger partial charge < -0.3 is 15.0 Å². The zero-order valence-corrected chi connectivity index (χ0v) is 17.5. The highest BCUT2D eigenvalue weighted by molar-refractivity contribution is 7.89. The number of sulfonamides is 1. The first-order valence-corrected chi connectivity index (χ1v) is 11.1. The highest BCUT2D eigenvalue weighted by atomic mass is 32.2. The molecular formula is C21H27N3O4S. The summed E-state index contributed by atoms with van der Waals surface area (Å²) in [6, 6.07) is 13.8. The third-order valence-electron chi connectivity index (χ3n) is 4.86. The van der Waals surface area contributed by atoms with Crippen LogP contribution in [0.4, 0.5) is 5.69 Å². The fraction of sp³-hybridized carbons (Fsp3) is 0.381. The lowest BCUT2D eigenvalue weighted by Crippen LogP contribution is -2.31. The van der Waals surface area contributed by atoms with E-state index in [1.165, 1.54) is 24.3 Å². The number of anilines is 1. The molecule has 0 unspecified atom stereocenters. The van der Waals surface area contributed by atoms with Crippen LogP contribution in [0.15, 0.2) is 53.4 Å². The molecule has 2 aromatic rings. The van der Waals surface area contributed by atoms with Gasteiger partial charge in [-0.2, -0.15) is 0 Å². The minimum atomic E-state index is -3.62. The summed E-state index contributed by atoms with van der Waals surface area (Å²) >= 11 is 0. The topological polar surface area (TPSA) is 87.7 Å². The quantitative estimate of drug-likeness (QED) is 0.687. The van der Waals surface area contributed by atoms with Gasteiger partial charge in [-0.05, 0) is 54.8 Å². The van der Waals surface area contributed by atoms with Crippen LogP contribution in [-0.4, -0.2) is 47.7 Å². The van der Waals surface area contributed by atoms with E-state index < -0.39 is 10.0 Å². The monoisotopic (exact) mass is 417 g/mol. The maximum Gasteiger partial charge on any atom is 0.251 e. The average molecular weight is 418 g/mol. The van der Waals surface area contributed by atoms with Crippen molar-refractivity contribution in [3.8, 4) is 0 Å². The Balaban J connectivity index is 1.55. The van der Waals surface area contributed by atoms with Crippen LogP contribution < -0.4 is 14.9 Å². The van der Waals surface area contributed by atoms with E-state index in [4.69, 9.17) is 4.74 Å². The molecule has 2 aromatic carbocycles. The summed E-state index contributed by atoms with van der Waals surface area (Å²) in [6.45, 7) is 1.34. The van der Waals surface area contributed by atoms with Gasteiger partial charge in [-0.25, -0.2) is 13.1 Å². The SMILES string of the molecule is CN(C)c1ccc(CNC(=O)c2ccc(S(=O)(=O)NC[C@@H]3CCCO3)cc2)cc1. The van der Waals surface area contributed by atoms with Crippen molar-refractivity contribution in [3.05, 3.63) is 59.7 Å². The number of hydrogen-bond donors (Lipinski definition) is 2. The van der Waals surface area contributed by atoms with Crippen molar-refractivity contribution >= 4 is 21.6 Å². The molecular weight excluding hydrogens is 390 g/mol. The number of carbonyl (C=O) groups is 1. The zero-order chi connectivity index (χ0) is 20.9. The molecule has 8 heteroatoms. The molecule has 0 saturated carbocycles. The van der Waals surface area contributed by atoms with Crippen molar-refractivity contribution in [1.82, 2.24) is 10.0 Å². The van der Waals surface area contributed by atoms with Crippen LogP contribution >= 0.6 is 0 Å². The van der Waals surface area contributed by atoms with E-state index >= 15 is 0 Å². The third-order valence-corrected chi connectivity index (χ3v) is 6.30. The van der Waals surface area contributed by atoms with Crippen LogP contribution in [0, 0.1) is 0 Å². The van der Waals surface area contributed by atoms with Crippen molar-refractivity contribution in [2.24, 2.45) is 0 Å². The number of carbonyl (C=O) groups excluding carboxylic acids is 1. The number of rotatable bonds is 8. The van der Waals surface area contributed by atoms with Gasteiger partial charge >= 0.3 is 0 Å². The number of amides is 1. The third kappa shape index (κ3) is 5.79. The molecule has 0 aromatic heterocycles. The first-order valence-electron chi connectivity index (χ1n) is 9.61. The largest absolute Gasteiger partial charge is 0.378 e. The normalized spacial score (nSPS) is 16.6. The molecule has 1 saturated heterocycles. The molecule has 1 aliphatic rings. The van der Waals surface area contributed by atoms with E-state index in [9.17, 15) is 13.2 Å². The van der Waals surface area contributed by atoms with Crippen LogP contribution in [0.3, 0.4) is 0 Å². The van der Waals surface area contributed by atoms with E-state index in [0.29, 0.717) is 18.7 Å². The summed E-state index contributed by atoms with van der Waals surface area (Å²) in [5, 5.41) is 2.85. The molecule has 3 rings (SSSR count). The lowest BCUT2D eigenvalue weighted by molar-refractivity contribution is 0.0951. The Morgan fingerprint density at radius 1 is 1.10 bits per heavy atom. The van der Waals surface area contributed by atoms with Gasteiger partial charge in [-0.1, -0.05) is 12.1 Å². The van der Waals surface area contributed by atoms with Crippen molar-refractivity contribution < 1.29 is 17.9 Å². The fourth-order valence-electron chi connectivity index (χ4n) is 3.07. The summed E-state index contributed by atoms with van der Waals surface area (Å²) in [4.78, 5) is 14.5. The highest BCUT2D eigenvalue weighted by Crippen LogP contribution is 2.15. The second-order valence-electron chi connectivity index (χ2n) is 7.25. The summed E-state index contributed by atoms with van der Waals surface area (Å²) in [7, 11) is 0.319. The van der Waals surface area contributed by atoms with E-state index in [1.54, 1.807) is 0 Å². The molecule has 29 heavy (non-hydrogen) atoms. The van der Waals surface area contributed by atoms with Crippen LogP contribution in [0.25, 0.3) is 0 Å².